The average Bonchev–Trinajstić information content (AvgIpc) is 2.71. The Morgan fingerprint density at radius 2 is 2.36 bits per heavy atom. The van der Waals surface area contributed by atoms with Gasteiger partial charge in [-0.05, 0) is 36.9 Å². The molecule has 0 saturated carbocycles. The molecule has 1 saturated heterocycles. The second-order valence-electron chi connectivity index (χ2n) is 4.14. The zero-order valence-electron chi connectivity index (χ0n) is 8.92. The highest BCUT2D eigenvalue weighted by Crippen LogP contribution is 2.23. The largest absolute Gasteiger partial charge is 0.310 e. The first kappa shape index (κ1) is 9.72. The van der Waals surface area contributed by atoms with Crippen LogP contribution in [-0.4, -0.2) is 6.54 Å². The molecule has 0 bridgehead atoms. The standard InChI is InChI=1S/C13H19N/c1-2-5-11-6-3-7-12(10-11)13-8-4-9-14-13/h3,6-7,10,13-14H,2,4-5,8-9H2,1H3. The molecule has 1 heteroatoms. The maximum atomic E-state index is 3.54. The Morgan fingerprint density at radius 1 is 1.43 bits per heavy atom. The molecule has 1 aromatic carbocycles. The van der Waals surface area contributed by atoms with Gasteiger partial charge in [-0.25, -0.2) is 0 Å². The van der Waals surface area contributed by atoms with Crippen molar-refractivity contribution in [2.75, 3.05) is 6.54 Å². The minimum Gasteiger partial charge on any atom is -0.310 e. The maximum absolute atomic E-state index is 3.54. The molecule has 1 nitrogen and oxygen atoms in total. The molecule has 0 aromatic heterocycles. The van der Waals surface area contributed by atoms with Crippen LogP contribution in [0.15, 0.2) is 24.3 Å². The molecule has 2 rings (SSSR count). The van der Waals surface area contributed by atoms with Crippen LogP contribution in [0.1, 0.15) is 43.4 Å². The lowest BCUT2D eigenvalue weighted by Crippen LogP contribution is -2.12. The van der Waals surface area contributed by atoms with Crippen molar-refractivity contribution in [1.82, 2.24) is 5.32 Å². The Labute approximate surface area is 86.5 Å². The van der Waals surface area contributed by atoms with E-state index in [1.807, 2.05) is 0 Å². The molecule has 1 aliphatic rings. The van der Waals surface area contributed by atoms with E-state index in [4.69, 9.17) is 0 Å². The first-order valence-corrected chi connectivity index (χ1v) is 5.72. The fourth-order valence-electron chi connectivity index (χ4n) is 2.22. The van der Waals surface area contributed by atoms with Gasteiger partial charge in [-0.15, -0.1) is 0 Å². The summed E-state index contributed by atoms with van der Waals surface area (Å²) in [5.41, 5.74) is 2.96. The molecule has 1 aromatic rings. The Hall–Kier alpha value is -0.820. The molecule has 1 heterocycles. The van der Waals surface area contributed by atoms with Crippen LogP contribution < -0.4 is 5.32 Å². The number of aryl methyl sites for hydroxylation is 1. The van der Waals surface area contributed by atoms with Crippen molar-refractivity contribution in [2.45, 2.75) is 38.6 Å². The molecule has 76 valence electrons. The molecule has 1 aliphatic heterocycles. The van der Waals surface area contributed by atoms with Gasteiger partial charge in [0.1, 0.15) is 0 Å². The lowest BCUT2D eigenvalue weighted by molar-refractivity contribution is 0.646. The highest BCUT2D eigenvalue weighted by atomic mass is 14.9. The van der Waals surface area contributed by atoms with Crippen molar-refractivity contribution in [2.24, 2.45) is 0 Å². The van der Waals surface area contributed by atoms with Gasteiger partial charge in [-0.3, -0.25) is 0 Å². The molecule has 1 unspecified atom stereocenters. The van der Waals surface area contributed by atoms with Crippen LogP contribution in [0.25, 0.3) is 0 Å². The number of hydrogen-bond acceptors (Lipinski definition) is 1. The number of rotatable bonds is 3. The summed E-state index contributed by atoms with van der Waals surface area (Å²) in [4.78, 5) is 0. The SMILES string of the molecule is CCCc1cccc(C2CCCN2)c1. The molecule has 1 N–H and O–H groups in total. The van der Waals surface area contributed by atoms with E-state index >= 15 is 0 Å². The van der Waals surface area contributed by atoms with Gasteiger partial charge in [-0.1, -0.05) is 37.6 Å². The summed E-state index contributed by atoms with van der Waals surface area (Å²) in [5.74, 6) is 0. The van der Waals surface area contributed by atoms with Gasteiger partial charge in [0.05, 0.1) is 0 Å². The van der Waals surface area contributed by atoms with Gasteiger partial charge < -0.3 is 5.32 Å². The summed E-state index contributed by atoms with van der Waals surface area (Å²) in [6.07, 6.45) is 5.07. The van der Waals surface area contributed by atoms with Crippen LogP contribution in [0.4, 0.5) is 0 Å². The van der Waals surface area contributed by atoms with Gasteiger partial charge in [-0.2, -0.15) is 0 Å². The van der Waals surface area contributed by atoms with Gasteiger partial charge in [0.2, 0.25) is 0 Å². The second kappa shape index (κ2) is 4.61. The van der Waals surface area contributed by atoms with Crippen molar-refractivity contribution in [3.05, 3.63) is 35.4 Å². The van der Waals surface area contributed by atoms with Crippen molar-refractivity contribution >= 4 is 0 Å². The Morgan fingerprint density at radius 3 is 3.07 bits per heavy atom. The van der Waals surface area contributed by atoms with E-state index in [1.165, 1.54) is 43.4 Å². The van der Waals surface area contributed by atoms with Gasteiger partial charge in [0.15, 0.2) is 0 Å². The van der Waals surface area contributed by atoms with Gasteiger partial charge in [0, 0.05) is 6.04 Å². The molecule has 0 amide bonds. The molecule has 1 fully saturated rings. The first-order valence-electron chi connectivity index (χ1n) is 5.72. The Bertz CT molecular complexity index is 287. The van der Waals surface area contributed by atoms with E-state index in [0.717, 1.165) is 0 Å². The normalized spacial score (nSPS) is 21.4. The third-order valence-corrected chi connectivity index (χ3v) is 2.95. The zero-order chi connectivity index (χ0) is 9.80. The van der Waals surface area contributed by atoms with E-state index in [9.17, 15) is 0 Å². The molecule has 0 radical (unpaired) electrons. The smallest absolute Gasteiger partial charge is 0.0320 e. The molecular formula is C13H19N. The Balaban J connectivity index is 2.12. The second-order valence-corrected chi connectivity index (χ2v) is 4.14. The number of benzene rings is 1. The van der Waals surface area contributed by atoms with Crippen LogP contribution in [0.5, 0.6) is 0 Å². The molecule has 0 spiro atoms. The minimum absolute atomic E-state index is 0.617. The quantitative estimate of drug-likeness (QED) is 0.770. The monoisotopic (exact) mass is 189 g/mol. The van der Waals surface area contributed by atoms with Crippen LogP contribution in [0, 0.1) is 0 Å². The third kappa shape index (κ3) is 2.16. The lowest BCUT2D eigenvalue weighted by atomic mass is 10.0. The highest BCUT2D eigenvalue weighted by Gasteiger charge is 2.15. The summed E-state index contributed by atoms with van der Waals surface area (Å²) in [6.45, 7) is 3.42. The van der Waals surface area contributed by atoms with Gasteiger partial charge in [0.25, 0.3) is 0 Å². The fraction of sp³-hybridized carbons (Fsp3) is 0.538. The van der Waals surface area contributed by atoms with Crippen LogP contribution in [0.2, 0.25) is 0 Å². The van der Waals surface area contributed by atoms with Crippen LogP contribution in [0.3, 0.4) is 0 Å². The lowest BCUT2D eigenvalue weighted by Gasteiger charge is -2.11. The highest BCUT2D eigenvalue weighted by molar-refractivity contribution is 5.26. The summed E-state index contributed by atoms with van der Waals surface area (Å²) < 4.78 is 0. The summed E-state index contributed by atoms with van der Waals surface area (Å²) in [5, 5.41) is 3.54. The van der Waals surface area contributed by atoms with Crippen LogP contribution >= 0.6 is 0 Å². The van der Waals surface area contributed by atoms with E-state index < -0.39 is 0 Å². The van der Waals surface area contributed by atoms with Crippen molar-refractivity contribution in [1.29, 1.82) is 0 Å². The van der Waals surface area contributed by atoms with Crippen molar-refractivity contribution < 1.29 is 0 Å². The first-order chi connectivity index (χ1) is 6.90. The third-order valence-electron chi connectivity index (χ3n) is 2.95. The van der Waals surface area contributed by atoms with E-state index in [1.54, 1.807) is 0 Å². The minimum atomic E-state index is 0.617. The Kier molecular flexibility index (Phi) is 3.20. The average molecular weight is 189 g/mol. The van der Waals surface area contributed by atoms with Gasteiger partial charge >= 0.3 is 0 Å². The number of hydrogen-bond donors (Lipinski definition) is 1. The number of nitrogens with one attached hydrogen (secondary N) is 1. The van der Waals surface area contributed by atoms with E-state index in [-0.39, 0.29) is 0 Å². The topological polar surface area (TPSA) is 12.0 Å². The van der Waals surface area contributed by atoms with E-state index in [2.05, 4.69) is 36.5 Å². The molecular weight excluding hydrogens is 170 g/mol. The zero-order valence-corrected chi connectivity index (χ0v) is 8.92. The summed E-state index contributed by atoms with van der Waals surface area (Å²) in [6, 6.07) is 9.67. The van der Waals surface area contributed by atoms with Crippen LogP contribution in [-0.2, 0) is 6.42 Å². The van der Waals surface area contributed by atoms with Crippen molar-refractivity contribution in [3.8, 4) is 0 Å². The molecule has 0 aliphatic carbocycles. The van der Waals surface area contributed by atoms with Crippen molar-refractivity contribution in [3.63, 3.8) is 0 Å². The summed E-state index contributed by atoms with van der Waals surface area (Å²) >= 11 is 0. The fourth-order valence-corrected chi connectivity index (χ4v) is 2.22. The summed E-state index contributed by atoms with van der Waals surface area (Å²) in [7, 11) is 0. The molecule has 14 heavy (non-hydrogen) atoms. The molecule has 1 atom stereocenters. The predicted octanol–water partition coefficient (Wildman–Crippen LogP) is 3.06. The van der Waals surface area contributed by atoms with E-state index in [0.29, 0.717) is 6.04 Å². The maximum Gasteiger partial charge on any atom is 0.0320 e. The predicted molar refractivity (Wildman–Crippen MR) is 60.4 cm³/mol.